The lowest BCUT2D eigenvalue weighted by atomic mass is 9.66. The van der Waals surface area contributed by atoms with Crippen LogP contribution in [0.15, 0.2) is 48.6 Å². The first kappa shape index (κ1) is 35.2. The normalized spacial score (nSPS) is 32.0. The van der Waals surface area contributed by atoms with Crippen molar-refractivity contribution in [3.8, 4) is 5.75 Å². The lowest BCUT2D eigenvalue weighted by molar-refractivity contribution is -0.230. The van der Waals surface area contributed by atoms with E-state index in [1.807, 2.05) is 39.2 Å². The van der Waals surface area contributed by atoms with Gasteiger partial charge in [-0.25, -0.2) is 13.1 Å². The maximum Gasteiger partial charge on any atom is 0.264 e. The van der Waals surface area contributed by atoms with Crippen molar-refractivity contribution < 1.29 is 27.4 Å². The molecular weight excluding hydrogens is 650 g/mol. The number of aryl methyl sites for hydroxylation is 1. The van der Waals surface area contributed by atoms with Crippen LogP contribution in [-0.4, -0.2) is 77.2 Å². The first-order chi connectivity index (χ1) is 23.0. The second kappa shape index (κ2) is 15.1. The number of rotatable bonds is 2. The van der Waals surface area contributed by atoms with Crippen molar-refractivity contribution in [2.45, 2.75) is 76.6 Å². The summed E-state index contributed by atoms with van der Waals surface area (Å²) < 4.78 is 48.5. The van der Waals surface area contributed by atoms with E-state index in [9.17, 15) is 13.2 Å². The zero-order chi connectivity index (χ0) is 34.0. The van der Waals surface area contributed by atoms with Crippen LogP contribution in [-0.2, 0) is 32.5 Å². The van der Waals surface area contributed by atoms with Gasteiger partial charge in [0.2, 0.25) is 10.0 Å². The molecule has 4 aliphatic rings. The molecule has 2 aromatic carbocycles. The number of carbonyl (C=O) groups is 1. The van der Waals surface area contributed by atoms with Gasteiger partial charge in [-0.15, -0.1) is 0 Å². The number of amides is 1. The van der Waals surface area contributed by atoms with E-state index in [4.69, 9.17) is 25.8 Å². The lowest BCUT2D eigenvalue weighted by Crippen LogP contribution is -2.50. The Morgan fingerprint density at radius 2 is 1.79 bits per heavy atom. The van der Waals surface area contributed by atoms with Gasteiger partial charge in [0, 0.05) is 29.6 Å². The molecule has 1 saturated heterocycles. The van der Waals surface area contributed by atoms with Gasteiger partial charge in [-0.1, -0.05) is 36.7 Å². The SMILES string of the molecule is C[C@@H]1[C@@H](C)C/C=C/[C@H]([C@H]2OC[C@@H](N(C)C)CO2)[C@@H]2CC[C@H]2CN2CCCCc3cc(Cl)ccc3COc3ccc(cc32)C(=O)NS1(=O)=O. The number of allylic oxidation sites excluding steroid dienone is 1. The summed E-state index contributed by atoms with van der Waals surface area (Å²) >= 11 is 6.37. The molecule has 2 bridgehead atoms. The maximum atomic E-state index is 13.5. The van der Waals surface area contributed by atoms with E-state index >= 15 is 0 Å². The molecule has 3 heterocycles. The van der Waals surface area contributed by atoms with Gasteiger partial charge in [0.05, 0.1) is 30.2 Å². The third-order valence-electron chi connectivity index (χ3n) is 11.0. The van der Waals surface area contributed by atoms with E-state index in [0.717, 1.165) is 56.4 Å². The molecule has 262 valence electrons. The summed E-state index contributed by atoms with van der Waals surface area (Å²) in [6, 6.07) is 11.4. The Labute approximate surface area is 291 Å². The van der Waals surface area contributed by atoms with Crippen molar-refractivity contribution in [3.05, 3.63) is 70.3 Å². The van der Waals surface area contributed by atoms with Crippen molar-refractivity contribution in [2.24, 2.45) is 23.7 Å². The number of benzene rings is 2. The molecule has 1 amide bonds. The van der Waals surface area contributed by atoms with E-state index in [-0.39, 0.29) is 24.2 Å². The van der Waals surface area contributed by atoms with Crippen molar-refractivity contribution >= 4 is 33.2 Å². The molecule has 1 N–H and O–H groups in total. The maximum absolute atomic E-state index is 13.5. The molecule has 48 heavy (non-hydrogen) atoms. The minimum absolute atomic E-state index is 0.0452. The van der Waals surface area contributed by atoms with E-state index < -0.39 is 21.2 Å². The number of ether oxygens (including phenoxy) is 3. The zero-order valence-corrected chi connectivity index (χ0v) is 30.1. The summed E-state index contributed by atoms with van der Waals surface area (Å²) in [5, 5.41) is -0.0580. The third kappa shape index (κ3) is 7.88. The molecule has 0 unspecified atom stereocenters. The molecule has 0 radical (unpaired) electrons. The second-order valence-corrected chi connectivity index (χ2v) is 16.8. The lowest BCUT2D eigenvalue weighted by Gasteiger charge is -2.47. The van der Waals surface area contributed by atoms with Crippen LogP contribution in [0.3, 0.4) is 0 Å². The van der Waals surface area contributed by atoms with E-state index in [0.29, 0.717) is 54.4 Å². The Bertz CT molecular complexity index is 1590. The summed E-state index contributed by atoms with van der Waals surface area (Å²) in [6.45, 7) is 6.73. The summed E-state index contributed by atoms with van der Waals surface area (Å²) in [6.07, 6.45) is 9.48. The number of likely N-dealkylation sites (N-methyl/N-ethyl adjacent to an activating group) is 1. The van der Waals surface area contributed by atoms with Gasteiger partial charge in [0.25, 0.3) is 5.91 Å². The quantitative estimate of drug-likeness (QED) is 0.379. The molecular formula is C37H50ClN3O6S. The highest BCUT2D eigenvalue weighted by molar-refractivity contribution is 7.90. The Kier molecular flexibility index (Phi) is 11.1. The van der Waals surface area contributed by atoms with Crippen LogP contribution in [0.1, 0.15) is 67.4 Å². The smallest absolute Gasteiger partial charge is 0.264 e. The van der Waals surface area contributed by atoms with Gasteiger partial charge in [-0.05, 0) is 119 Å². The van der Waals surface area contributed by atoms with Crippen molar-refractivity contribution in [2.75, 3.05) is 45.3 Å². The Balaban J connectivity index is 1.36. The fourth-order valence-electron chi connectivity index (χ4n) is 7.38. The highest BCUT2D eigenvalue weighted by atomic mass is 35.5. The molecule has 2 aromatic rings. The number of sulfonamides is 1. The van der Waals surface area contributed by atoms with Gasteiger partial charge in [-0.2, -0.15) is 0 Å². The standard InChI is InChI=1S/C37H50ClN3O6S/c1-24-8-7-10-33(37-46-22-31(23-47-37)40(3)4)32-15-12-28(32)20-41-17-6-5-9-26-18-30(38)14-11-29(26)21-45-35-16-13-27(19-34(35)41)36(42)39-48(43,44)25(24)2/h7,10-11,13-14,16,18-19,24-25,28,31-33,37H,5-6,8-9,12,15,17,20-23H2,1-4H3,(H,39,42)/b10-7+/t24-,25+,28-,31-,32+,33-,37+/m0/s1. The van der Waals surface area contributed by atoms with Gasteiger partial charge >= 0.3 is 0 Å². The van der Waals surface area contributed by atoms with Crippen LogP contribution < -0.4 is 14.4 Å². The van der Waals surface area contributed by atoms with Crippen LogP contribution in [0, 0.1) is 23.7 Å². The molecule has 1 saturated carbocycles. The van der Waals surface area contributed by atoms with E-state index in [1.54, 1.807) is 25.1 Å². The minimum Gasteiger partial charge on any atom is -0.487 e. The van der Waals surface area contributed by atoms with Crippen molar-refractivity contribution in [1.29, 1.82) is 0 Å². The van der Waals surface area contributed by atoms with Gasteiger partial charge in [0.15, 0.2) is 6.29 Å². The number of nitrogens with one attached hydrogen (secondary N) is 1. The highest BCUT2D eigenvalue weighted by Crippen LogP contribution is 2.45. The van der Waals surface area contributed by atoms with Crippen LogP contribution in [0.4, 0.5) is 5.69 Å². The molecule has 1 aliphatic carbocycles. The van der Waals surface area contributed by atoms with Crippen LogP contribution in [0.2, 0.25) is 5.02 Å². The van der Waals surface area contributed by atoms with Gasteiger partial charge in [0.1, 0.15) is 12.4 Å². The fourth-order valence-corrected chi connectivity index (χ4v) is 8.86. The number of hydrogen-bond acceptors (Lipinski definition) is 8. The number of anilines is 1. The predicted molar refractivity (Wildman–Crippen MR) is 189 cm³/mol. The number of halogens is 1. The molecule has 9 nitrogen and oxygen atoms in total. The van der Waals surface area contributed by atoms with Crippen LogP contribution >= 0.6 is 11.6 Å². The number of nitrogens with zero attached hydrogens (tertiary/aromatic N) is 2. The van der Waals surface area contributed by atoms with E-state index in [1.165, 1.54) is 5.56 Å². The number of fused-ring (bicyclic) bond motifs is 3. The number of hydrogen-bond donors (Lipinski definition) is 1. The summed E-state index contributed by atoms with van der Waals surface area (Å²) in [7, 11) is 0.150. The zero-order valence-electron chi connectivity index (χ0n) is 28.6. The largest absolute Gasteiger partial charge is 0.487 e. The molecule has 3 aliphatic heterocycles. The summed E-state index contributed by atoms with van der Waals surface area (Å²) in [5.74, 6) is 0.599. The van der Waals surface area contributed by atoms with E-state index in [2.05, 4.69) is 26.7 Å². The van der Waals surface area contributed by atoms with Crippen LogP contribution in [0.25, 0.3) is 0 Å². The average Bonchev–Trinajstić information content (AvgIpc) is 3.08. The average molecular weight is 700 g/mol. The molecule has 0 aromatic heterocycles. The summed E-state index contributed by atoms with van der Waals surface area (Å²) in [5.41, 5.74) is 3.37. The number of carbonyl (C=O) groups excluding carboxylic acids is 1. The second-order valence-electron chi connectivity index (χ2n) is 14.3. The monoisotopic (exact) mass is 699 g/mol. The Hall–Kier alpha value is -2.63. The third-order valence-corrected chi connectivity index (χ3v) is 13.2. The topological polar surface area (TPSA) is 97.4 Å². The first-order valence-corrected chi connectivity index (χ1v) is 19.3. The Morgan fingerprint density at radius 3 is 2.52 bits per heavy atom. The minimum atomic E-state index is -3.94. The molecule has 6 rings (SSSR count). The molecule has 5 atom stereocenters. The fraction of sp³-hybridized carbons (Fsp3) is 0.595. The predicted octanol–water partition coefficient (Wildman–Crippen LogP) is 6.05. The van der Waals surface area contributed by atoms with Crippen molar-refractivity contribution in [3.63, 3.8) is 0 Å². The van der Waals surface area contributed by atoms with Crippen LogP contribution in [0.5, 0.6) is 5.75 Å². The summed E-state index contributed by atoms with van der Waals surface area (Å²) in [4.78, 5) is 18.0. The van der Waals surface area contributed by atoms with Gasteiger partial charge < -0.3 is 24.0 Å². The van der Waals surface area contributed by atoms with Crippen molar-refractivity contribution in [1.82, 2.24) is 9.62 Å². The molecule has 2 fully saturated rings. The first-order valence-electron chi connectivity index (χ1n) is 17.4. The molecule has 0 spiro atoms. The Morgan fingerprint density at radius 1 is 1.00 bits per heavy atom. The molecule has 11 heteroatoms. The highest BCUT2D eigenvalue weighted by Gasteiger charge is 2.43. The van der Waals surface area contributed by atoms with Gasteiger partial charge in [-0.3, -0.25) is 4.79 Å².